The van der Waals surface area contributed by atoms with Crippen LogP contribution < -0.4 is 9.47 Å². The average molecular weight is 239 g/mol. The van der Waals surface area contributed by atoms with Crippen molar-refractivity contribution in [2.45, 2.75) is 6.92 Å². The highest BCUT2D eigenvalue weighted by atomic mass is 35.5. The minimum absolute atomic E-state index is 0.361. The lowest BCUT2D eigenvalue weighted by Crippen LogP contribution is -1.98. The number of methoxy groups -OCH3 is 2. The molecule has 0 fully saturated rings. The summed E-state index contributed by atoms with van der Waals surface area (Å²) in [6, 6.07) is 3.60. The molecule has 0 amide bonds. The first-order valence-electron chi connectivity index (χ1n) is 4.72. The van der Waals surface area contributed by atoms with Crippen molar-refractivity contribution in [3.8, 4) is 11.8 Å². The number of ether oxygens (including phenoxy) is 2. The Hall–Kier alpha value is -1.55. The molecule has 0 radical (unpaired) electrons. The first kappa shape index (κ1) is 11.0. The fourth-order valence-electron chi connectivity index (χ4n) is 1.47. The molecule has 2 rings (SSSR count). The van der Waals surface area contributed by atoms with Crippen LogP contribution in [0.2, 0.25) is 5.02 Å². The summed E-state index contributed by atoms with van der Waals surface area (Å²) in [5, 5.41) is 0.661. The van der Waals surface area contributed by atoms with Crippen molar-refractivity contribution in [3.05, 3.63) is 22.7 Å². The molecule has 2 aromatic rings. The lowest BCUT2D eigenvalue weighted by Gasteiger charge is -2.08. The van der Waals surface area contributed by atoms with Gasteiger partial charge in [-0.25, -0.2) is 9.97 Å². The van der Waals surface area contributed by atoms with E-state index in [1.54, 1.807) is 12.1 Å². The predicted molar refractivity (Wildman–Crippen MR) is 62.4 cm³/mol. The van der Waals surface area contributed by atoms with E-state index in [-0.39, 0.29) is 0 Å². The van der Waals surface area contributed by atoms with Crippen molar-refractivity contribution in [1.82, 2.24) is 9.97 Å². The van der Waals surface area contributed by atoms with Crippen LogP contribution >= 0.6 is 11.6 Å². The second kappa shape index (κ2) is 4.14. The third kappa shape index (κ3) is 1.65. The molecule has 1 aromatic carbocycles. The highest BCUT2D eigenvalue weighted by molar-refractivity contribution is 6.32. The Labute approximate surface area is 98.2 Å². The van der Waals surface area contributed by atoms with Crippen molar-refractivity contribution in [3.63, 3.8) is 0 Å². The van der Waals surface area contributed by atoms with Crippen LogP contribution in [-0.2, 0) is 0 Å². The second-order valence-corrected chi connectivity index (χ2v) is 3.69. The monoisotopic (exact) mass is 238 g/mol. The van der Waals surface area contributed by atoms with Crippen LogP contribution in [0, 0.1) is 6.92 Å². The van der Waals surface area contributed by atoms with Crippen molar-refractivity contribution >= 4 is 22.6 Å². The highest BCUT2D eigenvalue weighted by Crippen LogP contribution is 2.29. The lowest BCUT2D eigenvalue weighted by molar-refractivity contribution is 0.334. The van der Waals surface area contributed by atoms with E-state index in [0.29, 0.717) is 16.8 Å². The molecule has 16 heavy (non-hydrogen) atoms. The Morgan fingerprint density at radius 2 is 1.69 bits per heavy atom. The molecule has 0 spiro atoms. The topological polar surface area (TPSA) is 44.2 Å². The molecular formula is C11H11ClN2O2. The van der Waals surface area contributed by atoms with Gasteiger partial charge in [0.15, 0.2) is 0 Å². The molecule has 0 unspecified atom stereocenters. The van der Waals surface area contributed by atoms with Crippen molar-refractivity contribution in [2.24, 2.45) is 0 Å². The van der Waals surface area contributed by atoms with Crippen LogP contribution in [0.15, 0.2) is 12.1 Å². The number of hydrogen-bond acceptors (Lipinski definition) is 4. The van der Waals surface area contributed by atoms with Crippen LogP contribution in [0.3, 0.4) is 0 Å². The number of aryl methyl sites for hydroxylation is 1. The summed E-state index contributed by atoms with van der Waals surface area (Å²) in [7, 11) is 3.05. The Morgan fingerprint density at radius 1 is 1.06 bits per heavy atom. The largest absolute Gasteiger partial charge is 0.477 e. The van der Waals surface area contributed by atoms with Gasteiger partial charge < -0.3 is 9.47 Å². The van der Waals surface area contributed by atoms with E-state index in [4.69, 9.17) is 21.1 Å². The Bertz CT molecular complexity index is 543. The minimum Gasteiger partial charge on any atom is -0.477 e. The van der Waals surface area contributed by atoms with E-state index in [0.717, 1.165) is 16.6 Å². The van der Waals surface area contributed by atoms with Crippen molar-refractivity contribution in [2.75, 3.05) is 14.2 Å². The zero-order chi connectivity index (χ0) is 11.7. The maximum absolute atomic E-state index is 6.02. The fourth-order valence-corrected chi connectivity index (χ4v) is 1.62. The van der Waals surface area contributed by atoms with Gasteiger partial charge in [0, 0.05) is 5.02 Å². The number of benzene rings is 1. The van der Waals surface area contributed by atoms with E-state index in [2.05, 4.69) is 9.97 Å². The quantitative estimate of drug-likeness (QED) is 0.807. The highest BCUT2D eigenvalue weighted by Gasteiger charge is 2.12. The molecule has 0 saturated heterocycles. The number of nitrogens with zero attached hydrogens (tertiary/aromatic N) is 2. The molecule has 0 saturated carbocycles. The molecule has 0 bridgehead atoms. The van der Waals surface area contributed by atoms with Crippen LogP contribution in [-0.4, -0.2) is 24.2 Å². The summed E-state index contributed by atoms with van der Waals surface area (Å²) in [6.45, 7) is 1.89. The summed E-state index contributed by atoms with van der Waals surface area (Å²) >= 11 is 6.02. The predicted octanol–water partition coefficient (Wildman–Crippen LogP) is 2.61. The number of fused-ring (bicyclic) bond motifs is 1. The molecule has 84 valence electrons. The molecule has 0 aliphatic rings. The molecule has 0 aliphatic heterocycles. The number of aromatic nitrogens is 2. The van der Waals surface area contributed by atoms with Crippen LogP contribution in [0.4, 0.5) is 0 Å². The summed E-state index contributed by atoms with van der Waals surface area (Å²) in [6.07, 6.45) is 0. The van der Waals surface area contributed by atoms with E-state index in [9.17, 15) is 0 Å². The lowest BCUT2D eigenvalue weighted by atomic mass is 10.2. The first-order valence-corrected chi connectivity index (χ1v) is 5.10. The molecule has 0 atom stereocenters. The van der Waals surface area contributed by atoms with Gasteiger partial charge in [-0.3, -0.25) is 0 Å². The van der Waals surface area contributed by atoms with Gasteiger partial charge in [-0.05, 0) is 24.6 Å². The van der Waals surface area contributed by atoms with Crippen LogP contribution in [0.5, 0.6) is 11.8 Å². The maximum Gasteiger partial charge on any atom is 0.278 e. The summed E-state index contributed by atoms with van der Waals surface area (Å²) in [5.74, 6) is 0.733. The smallest absolute Gasteiger partial charge is 0.278 e. The third-order valence-electron chi connectivity index (χ3n) is 2.35. The zero-order valence-electron chi connectivity index (χ0n) is 9.24. The number of rotatable bonds is 2. The Kier molecular flexibility index (Phi) is 2.83. The van der Waals surface area contributed by atoms with E-state index < -0.39 is 0 Å². The van der Waals surface area contributed by atoms with Crippen LogP contribution in [0.25, 0.3) is 11.0 Å². The number of hydrogen-bond donors (Lipinski definition) is 0. The Morgan fingerprint density at radius 3 is 2.31 bits per heavy atom. The molecule has 0 aliphatic carbocycles. The van der Waals surface area contributed by atoms with E-state index in [1.165, 1.54) is 14.2 Å². The van der Waals surface area contributed by atoms with Crippen molar-refractivity contribution in [1.29, 1.82) is 0 Å². The Balaban J connectivity index is 2.78. The van der Waals surface area contributed by atoms with Gasteiger partial charge in [0.1, 0.15) is 0 Å². The van der Waals surface area contributed by atoms with Gasteiger partial charge in [-0.2, -0.15) is 0 Å². The van der Waals surface area contributed by atoms with E-state index >= 15 is 0 Å². The van der Waals surface area contributed by atoms with Gasteiger partial charge in [0.2, 0.25) is 0 Å². The molecular weight excluding hydrogens is 228 g/mol. The molecule has 1 heterocycles. The maximum atomic E-state index is 6.02. The molecule has 1 aromatic heterocycles. The summed E-state index contributed by atoms with van der Waals surface area (Å²) < 4.78 is 10.2. The molecule has 5 heteroatoms. The molecule has 0 N–H and O–H groups in total. The zero-order valence-corrected chi connectivity index (χ0v) is 10.00. The van der Waals surface area contributed by atoms with E-state index in [1.807, 2.05) is 6.92 Å². The van der Waals surface area contributed by atoms with Gasteiger partial charge in [0.05, 0.1) is 25.3 Å². The third-order valence-corrected chi connectivity index (χ3v) is 2.76. The SMILES string of the molecule is COc1nc2ccc(Cl)c(C)c2nc1OC. The van der Waals surface area contributed by atoms with Gasteiger partial charge in [-0.1, -0.05) is 11.6 Å². The van der Waals surface area contributed by atoms with Crippen molar-refractivity contribution < 1.29 is 9.47 Å². The fraction of sp³-hybridized carbons (Fsp3) is 0.273. The summed E-state index contributed by atoms with van der Waals surface area (Å²) in [4.78, 5) is 8.63. The molecule has 4 nitrogen and oxygen atoms in total. The summed E-state index contributed by atoms with van der Waals surface area (Å²) in [5.41, 5.74) is 2.34. The second-order valence-electron chi connectivity index (χ2n) is 3.28. The van der Waals surface area contributed by atoms with Gasteiger partial charge >= 0.3 is 0 Å². The number of halogens is 1. The van der Waals surface area contributed by atoms with Crippen LogP contribution in [0.1, 0.15) is 5.56 Å². The standard InChI is InChI=1S/C11H11ClN2O2/c1-6-7(12)4-5-8-9(6)14-11(16-3)10(13-8)15-2/h4-5H,1-3H3. The first-order chi connectivity index (χ1) is 7.67. The average Bonchev–Trinajstić information content (AvgIpc) is 2.32. The normalized spacial score (nSPS) is 10.5. The minimum atomic E-state index is 0.361. The van der Waals surface area contributed by atoms with Gasteiger partial charge in [0.25, 0.3) is 11.8 Å². The van der Waals surface area contributed by atoms with Gasteiger partial charge in [-0.15, -0.1) is 0 Å².